The van der Waals surface area contributed by atoms with Crippen LogP contribution in [0.1, 0.15) is 29.5 Å². The predicted molar refractivity (Wildman–Crippen MR) is 139 cm³/mol. The maximum atomic E-state index is 13.2. The number of ether oxygens (including phenoxy) is 1. The number of likely N-dealkylation sites (N-methyl/N-ethyl adjacent to an activating group) is 1. The summed E-state index contributed by atoms with van der Waals surface area (Å²) >= 11 is 0. The number of piperazine rings is 1. The molecule has 1 fully saturated rings. The molecule has 2 aliphatic heterocycles. The van der Waals surface area contributed by atoms with Gasteiger partial charge in [0.25, 0.3) is 0 Å². The first kappa shape index (κ1) is 25.0. The van der Waals surface area contributed by atoms with Crippen LogP contribution in [-0.4, -0.2) is 75.0 Å². The molecule has 8 heteroatoms. The molecule has 2 aliphatic rings. The Kier molecular flexibility index (Phi) is 8.25. The molecule has 2 aromatic carbocycles. The number of hydrogen-bond donors (Lipinski definition) is 2. The summed E-state index contributed by atoms with van der Waals surface area (Å²) in [5.74, 6) is 0.981. The van der Waals surface area contributed by atoms with Crippen LogP contribution in [0.4, 0.5) is 11.4 Å². The number of benzene rings is 2. The third-order valence-corrected chi connectivity index (χ3v) is 6.96. The number of nitrogens with one attached hydrogen (secondary N) is 1. The molecule has 0 bridgehead atoms. The van der Waals surface area contributed by atoms with E-state index in [0.29, 0.717) is 38.9 Å². The van der Waals surface area contributed by atoms with Gasteiger partial charge in [0.15, 0.2) is 0 Å². The number of fused-ring (bicyclic) bond motifs is 1. The van der Waals surface area contributed by atoms with E-state index in [1.54, 1.807) is 7.11 Å². The van der Waals surface area contributed by atoms with Crippen molar-refractivity contribution in [1.29, 1.82) is 0 Å². The maximum absolute atomic E-state index is 13.2. The van der Waals surface area contributed by atoms with Crippen LogP contribution in [0.2, 0.25) is 0 Å². The van der Waals surface area contributed by atoms with E-state index >= 15 is 0 Å². The third-order valence-electron chi connectivity index (χ3n) is 6.96. The highest BCUT2D eigenvalue weighted by Gasteiger charge is 2.28. The highest BCUT2D eigenvalue weighted by molar-refractivity contribution is 5.90. The minimum Gasteiger partial charge on any atom is -0.496 e. The Morgan fingerprint density at radius 2 is 1.74 bits per heavy atom. The number of nitrogens with zero attached hydrogens (tertiary/aromatic N) is 3. The summed E-state index contributed by atoms with van der Waals surface area (Å²) in [6.07, 6.45) is 2.21. The average molecular weight is 480 g/mol. The molecule has 2 aromatic rings. The van der Waals surface area contributed by atoms with Gasteiger partial charge in [-0.1, -0.05) is 12.1 Å². The Bertz CT molecular complexity index is 1030. The Morgan fingerprint density at radius 1 is 1.00 bits per heavy atom. The van der Waals surface area contributed by atoms with Gasteiger partial charge in [0, 0.05) is 68.2 Å². The summed E-state index contributed by atoms with van der Waals surface area (Å²) in [6, 6.07) is 11.7. The van der Waals surface area contributed by atoms with Gasteiger partial charge < -0.3 is 30.5 Å². The number of carbonyl (C=O) groups is 2. The van der Waals surface area contributed by atoms with Gasteiger partial charge in [-0.3, -0.25) is 9.59 Å². The fraction of sp³-hybridized carbons (Fsp3) is 0.481. The molecular formula is C27H37N5O3. The zero-order chi connectivity index (χ0) is 24.8. The van der Waals surface area contributed by atoms with Crippen LogP contribution in [0.15, 0.2) is 36.4 Å². The molecule has 0 aliphatic carbocycles. The lowest BCUT2D eigenvalue weighted by molar-refractivity contribution is -0.131. The summed E-state index contributed by atoms with van der Waals surface area (Å²) in [5, 5.41) is 2.87. The lowest BCUT2D eigenvalue weighted by Crippen LogP contribution is -2.45. The van der Waals surface area contributed by atoms with Crippen molar-refractivity contribution in [3.8, 4) is 5.75 Å². The lowest BCUT2D eigenvalue weighted by atomic mass is 9.95. The predicted octanol–water partition coefficient (Wildman–Crippen LogP) is 2.25. The monoisotopic (exact) mass is 479 g/mol. The fourth-order valence-electron chi connectivity index (χ4n) is 4.85. The number of anilines is 2. The summed E-state index contributed by atoms with van der Waals surface area (Å²) in [6.45, 7) is 5.82. The maximum Gasteiger partial charge on any atom is 0.227 e. The molecule has 1 saturated heterocycles. The first-order chi connectivity index (χ1) is 17.0. The zero-order valence-corrected chi connectivity index (χ0v) is 20.9. The molecule has 0 spiro atoms. The van der Waals surface area contributed by atoms with Gasteiger partial charge in [0.1, 0.15) is 5.75 Å². The van der Waals surface area contributed by atoms with E-state index in [9.17, 15) is 9.59 Å². The molecule has 188 valence electrons. The largest absolute Gasteiger partial charge is 0.496 e. The molecule has 2 amide bonds. The summed E-state index contributed by atoms with van der Waals surface area (Å²) in [4.78, 5) is 31.9. The van der Waals surface area contributed by atoms with E-state index in [2.05, 4.69) is 34.3 Å². The molecule has 0 atom stereocenters. The molecule has 4 rings (SSSR count). The van der Waals surface area contributed by atoms with Crippen LogP contribution < -0.4 is 20.7 Å². The average Bonchev–Trinajstić information content (AvgIpc) is 2.88. The fourth-order valence-corrected chi connectivity index (χ4v) is 4.85. The summed E-state index contributed by atoms with van der Waals surface area (Å²) in [7, 11) is 3.87. The normalized spacial score (nSPS) is 16.1. The van der Waals surface area contributed by atoms with Crippen molar-refractivity contribution in [2.24, 2.45) is 5.73 Å². The van der Waals surface area contributed by atoms with Crippen molar-refractivity contribution in [2.75, 3.05) is 63.6 Å². The topological polar surface area (TPSA) is 91.1 Å². The number of carbonyl (C=O) groups excluding carboxylic acids is 2. The zero-order valence-electron chi connectivity index (χ0n) is 20.9. The number of nitrogens with two attached hydrogens (primary N) is 1. The van der Waals surface area contributed by atoms with Crippen molar-refractivity contribution < 1.29 is 14.3 Å². The first-order valence-electron chi connectivity index (χ1n) is 12.5. The minimum absolute atomic E-state index is 0.0437. The highest BCUT2D eigenvalue weighted by Crippen LogP contribution is 2.36. The molecule has 0 unspecified atom stereocenters. The number of methoxy groups -OCH3 is 1. The van der Waals surface area contributed by atoms with Crippen LogP contribution in [0.5, 0.6) is 5.75 Å². The standard InChI is InChI=1S/C27H37N5O3/c1-30-14-16-31(17-15-30)24-9-10-25(35-2)22-11-13-32(19-23(22)24)27(34)18-20-5-7-21(8-6-20)29-26(33)4-3-12-28/h5-10H,3-4,11-19,28H2,1-2H3,(H,29,33). The molecule has 2 heterocycles. The van der Waals surface area contributed by atoms with Gasteiger partial charge in [-0.25, -0.2) is 0 Å². The van der Waals surface area contributed by atoms with Crippen LogP contribution in [-0.2, 0) is 29.0 Å². The Hall–Kier alpha value is -3.10. The van der Waals surface area contributed by atoms with Crippen LogP contribution in [0.3, 0.4) is 0 Å². The first-order valence-corrected chi connectivity index (χ1v) is 12.5. The van der Waals surface area contributed by atoms with Gasteiger partial charge in [0.05, 0.1) is 13.5 Å². The van der Waals surface area contributed by atoms with E-state index < -0.39 is 0 Å². The number of hydrogen-bond acceptors (Lipinski definition) is 6. The van der Waals surface area contributed by atoms with Gasteiger partial charge in [0.2, 0.25) is 11.8 Å². The van der Waals surface area contributed by atoms with E-state index in [0.717, 1.165) is 49.6 Å². The van der Waals surface area contributed by atoms with Crippen LogP contribution in [0, 0.1) is 0 Å². The van der Waals surface area contributed by atoms with Crippen molar-refractivity contribution in [3.63, 3.8) is 0 Å². The van der Waals surface area contributed by atoms with E-state index in [4.69, 9.17) is 10.5 Å². The van der Waals surface area contributed by atoms with E-state index in [-0.39, 0.29) is 11.8 Å². The molecule has 0 radical (unpaired) electrons. The number of rotatable bonds is 8. The SMILES string of the molecule is COc1ccc(N2CCN(C)CC2)c2c1CCN(C(=O)Cc1ccc(NC(=O)CCCN)cc1)C2. The second-order valence-electron chi connectivity index (χ2n) is 9.41. The lowest BCUT2D eigenvalue weighted by Gasteiger charge is -2.38. The van der Waals surface area contributed by atoms with E-state index in [1.165, 1.54) is 16.8 Å². The van der Waals surface area contributed by atoms with Crippen molar-refractivity contribution in [2.45, 2.75) is 32.2 Å². The van der Waals surface area contributed by atoms with Crippen molar-refractivity contribution in [3.05, 3.63) is 53.1 Å². The van der Waals surface area contributed by atoms with Crippen molar-refractivity contribution in [1.82, 2.24) is 9.80 Å². The van der Waals surface area contributed by atoms with Crippen LogP contribution in [0.25, 0.3) is 0 Å². The Morgan fingerprint density at radius 3 is 2.43 bits per heavy atom. The Balaban J connectivity index is 1.43. The van der Waals surface area contributed by atoms with Gasteiger partial charge >= 0.3 is 0 Å². The smallest absolute Gasteiger partial charge is 0.227 e. The third kappa shape index (κ3) is 6.13. The molecule has 3 N–H and O–H groups in total. The molecule has 8 nitrogen and oxygen atoms in total. The Labute approximate surface area is 208 Å². The molecule has 0 saturated carbocycles. The van der Waals surface area contributed by atoms with Gasteiger partial charge in [-0.15, -0.1) is 0 Å². The van der Waals surface area contributed by atoms with Gasteiger partial charge in [-0.2, -0.15) is 0 Å². The highest BCUT2D eigenvalue weighted by atomic mass is 16.5. The molecular weight excluding hydrogens is 442 g/mol. The minimum atomic E-state index is -0.0437. The van der Waals surface area contributed by atoms with Crippen molar-refractivity contribution >= 4 is 23.2 Å². The second-order valence-corrected chi connectivity index (χ2v) is 9.41. The second kappa shape index (κ2) is 11.6. The summed E-state index contributed by atoms with van der Waals surface area (Å²) in [5.41, 5.74) is 10.8. The molecule has 0 aromatic heterocycles. The number of amides is 2. The van der Waals surface area contributed by atoms with Crippen LogP contribution >= 0.6 is 0 Å². The quantitative estimate of drug-likeness (QED) is 0.604. The van der Waals surface area contributed by atoms with Gasteiger partial charge in [-0.05, 0) is 56.3 Å². The summed E-state index contributed by atoms with van der Waals surface area (Å²) < 4.78 is 5.66. The molecule has 35 heavy (non-hydrogen) atoms. The van der Waals surface area contributed by atoms with E-state index in [1.807, 2.05) is 29.2 Å².